The molecule has 26 heavy (non-hydrogen) atoms. The van der Waals surface area contributed by atoms with E-state index in [1.54, 1.807) is 31.3 Å². The van der Waals surface area contributed by atoms with Crippen LogP contribution in [0.15, 0.2) is 33.4 Å². The third kappa shape index (κ3) is 3.85. The van der Waals surface area contributed by atoms with Crippen molar-refractivity contribution in [2.45, 2.75) is 13.0 Å². The minimum Gasteiger partial charge on any atom is -0.493 e. The van der Waals surface area contributed by atoms with Gasteiger partial charge in [0.1, 0.15) is 0 Å². The normalized spacial score (nSPS) is 13.1. The lowest BCUT2D eigenvalue weighted by atomic mass is 9.98. The van der Waals surface area contributed by atoms with Gasteiger partial charge in [-0.25, -0.2) is 0 Å². The maximum absolute atomic E-state index is 12.4. The molecule has 1 aromatic carbocycles. The highest BCUT2D eigenvalue weighted by atomic mass is 79.9. The van der Waals surface area contributed by atoms with Crippen molar-refractivity contribution >= 4 is 27.7 Å². The van der Waals surface area contributed by atoms with Crippen molar-refractivity contribution < 1.29 is 23.5 Å². The van der Waals surface area contributed by atoms with Crippen molar-refractivity contribution in [2.75, 3.05) is 27.3 Å². The summed E-state index contributed by atoms with van der Waals surface area (Å²) in [7, 11) is 3.18. The average Bonchev–Trinajstić information content (AvgIpc) is 3.10. The molecule has 0 bridgehead atoms. The Bertz CT molecular complexity index is 833. The third-order valence-electron chi connectivity index (χ3n) is 4.27. The number of carbonyl (C=O) groups is 2. The topological polar surface area (TPSA) is 81.0 Å². The quantitative estimate of drug-likeness (QED) is 0.799. The zero-order valence-electron chi connectivity index (χ0n) is 14.5. The number of benzene rings is 1. The molecule has 138 valence electrons. The number of nitrogens with zero attached hydrogens (tertiary/aromatic N) is 1. The monoisotopic (exact) mass is 422 g/mol. The fraction of sp³-hybridized carbons (Fsp3) is 0.333. The Labute approximate surface area is 159 Å². The molecule has 0 atom stereocenters. The molecule has 2 amide bonds. The Morgan fingerprint density at radius 3 is 2.50 bits per heavy atom. The fourth-order valence-electron chi connectivity index (χ4n) is 2.89. The number of rotatable bonds is 5. The number of ether oxygens (including phenoxy) is 2. The van der Waals surface area contributed by atoms with E-state index >= 15 is 0 Å². The summed E-state index contributed by atoms with van der Waals surface area (Å²) in [6, 6.07) is 7.01. The van der Waals surface area contributed by atoms with Gasteiger partial charge in [0, 0.05) is 13.1 Å². The molecule has 2 aromatic rings. The zero-order chi connectivity index (χ0) is 18.7. The minimum atomic E-state index is -0.423. The van der Waals surface area contributed by atoms with Crippen LogP contribution in [0, 0.1) is 0 Å². The molecule has 1 aromatic heterocycles. The lowest BCUT2D eigenvalue weighted by Gasteiger charge is -2.29. The van der Waals surface area contributed by atoms with Crippen molar-refractivity contribution in [2.24, 2.45) is 0 Å². The van der Waals surface area contributed by atoms with Crippen LogP contribution in [0.3, 0.4) is 0 Å². The van der Waals surface area contributed by atoms with Crippen LogP contribution in [-0.4, -0.2) is 44.0 Å². The molecule has 1 aliphatic rings. The Morgan fingerprint density at radius 1 is 1.19 bits per heavy atom. The molecule has 0 spiro atoms. The molecular weight excluding hydrogens is 404 g/mol. The smallest absolute Gasteiger partial charge is 0.287 e. The Hall–Kier alpha value is -2.48. The first-order valence-corrected chi connectivity index (χ1v) is 8.86. The number of nitrogens with one attached hydrogen (secondary N) is 1. The highest BCUT2D eigenvalue weighted by Gasteiger charge is 2.23. The number of amides is 2. The van der Waals surface area contributed by atoms with Crippen molar-refractivity contribution in [1.82, 2.24) is 10.2 Å². The van der Waals surface area contributed by atoms with Gasteiger partial charge in [0.05, 0.1) is 20.8 Å². The van der Waals surface area contributed by atoms with Crippen molar-refractivity contribution in [3.63, 3.8) is 0 Å². The maximum atomic E-state index is 12.4. The van der Waals surface area contributed by atoms with E-state index in [2.05, 4.69) is 21.2 Å². The number of hydrogen-bond donors (Lipinski definition) is 1. The van der Waals surface area contributed by atoms with Crippen LogP contribution in [0.5, 0.6) is 11.5 Å². The minimum absolute atomic E-state index is 0.0836. The van der Waals surface area contributed by atoms with Crippen molar-refractivity contribution in [1.29, 1.82) is 0 Å². The summed E-state index contributed by atoms with van der Waals surface area (Å²) in [6.07, 6.45) is 0.723. The first kappa shape index (κ1) is 18.3. The molecule has 0 saturated heterocycles. The standard InChI is InChI=1S/C18H19BrN2O5/c1-24-14-7-11-5-6-21(10-12(11)8-15(14)25-2)17(22)9-20-18(23)13-3-4-16(19)26-13/h3-4,7-8H,5-6,9-10H2,1-2H3,(H,20,23). The van der Waals surface area contributed by atoms with Crippen molar-refractivity contribution in [3.05, 3.63) is 45.8 Å². The molecule has 8 heteroatoms. The van der Waals surface area contributed by atoms with Gasteiger partial charge in [0.25, 0.3) is 5.91 Å². The van der Waals surface area contributed by atoms with E-state index in [9.17, 15) is 9.59 Å². The second-order valence-electron chi connectivity index (χ2n) is 5.83. The summed E-state index contributed by atoms with van der Waals surface area (Å²) < 4.78 is 16.3. The summed E-state index contributed by atoms with van der Waals surface area (Å²) in [5.74, 6) is 0.905. The summed E-state index contributed by atoms with van der Waals surface area (Å²) in [5, 5.41) is 2.58. The van der Waals surface area contributed by atoms with Crippen LogP contribution >= 0.6 is 15.9 Å². The first-order chi connectivity index (χ1) is 12.5. The first-order valence-electron chi connectivity index (χ1n) is 8.07. The second kappa shape index (κ2) is 7.82. The summed E-state index contributed by atoms with van der Waals surface area (Å²) >= 11 is 3.14. The highest BCUT2D eigenvalue weighted by Crippen LogP contribution is 2.33. The summed E-state index contributed by atoms with van der Waals surface area (Å²) in [4.78, 5) is 26.1. The number of carbonyl (C=O) groups excluding carboxylic acids is 2. The van der Waals surface area contributed by atoms with E-state index in [0.29, 0.717) is 29.3 Å². The predicted molar refractivity (Wildman–Crippen MR) is 97.4 cm³/mol. The molecule has 0 unspecified atom stereocenters. The number of furan rings is 1. The summed E-state index contributed by atoms with van der Waals surface area (Å²) in [5.41, 5.74) is 2.15. The maximum Gasteiger partial charge on any atom is 0.287 e. The zero-order valence-corrected chi connectivity index (χ0v) is 16.1. The van der Waals surface area contributed by atoms with Crippen molar-refractivity contribution in [3.8, 4) is 11.5 Å². The lowest BCUT2D eigenvalue weighted by molar-refractivity contribution is -0.131. The second-order valence-corrected chi connectivity index (χ2v) is 6.61. The summed E-state index contributed by atoms with van der Waals surface area (Å²) in [6.45, 7) is 0.972. The van der Waals surface area contributed by atoms with E-state index in [1.165, 1.54) is 0 Å². The van der Waals surface area contributed by atoms with E-state index in [4.69, 9.17) is 13.9 Å². The number of fused-ring (bicyclic) bond motifs is 1. The van der Waals surface area contributed by atoms with Crippen LogP contribution in [0.25, 0.3) is 0 Å². The third-order valence-corrected chi connectivity index (χ3v) is 4.69. The van der Waals surface area contributed by atoms with Crippen LogP contribution < -0.4 is 14.8 Å². The van der Waals surface area contributed by atoms with E-state index in [0.717, 1.165) is 17.5 Å². The predicted octanol–water partition coefficient (Wildman–Crippen LogP) is 2.37. The van der Waals surface area contributed by atoms with Gasteiger partial charge in [0.15, 0.2) is 21.9 Å². The van der Waals surface area contributed by atoms with Gasteiger partial charge >= 0.3 is 0 Å². The van der Waals surface area contributed by atoms with Gasteiger partial charge in [0.2, 0.25) is 5.91 Å². The molecule has 0 aliphatic carbocycles. The Kier molecular flexibility index (Phi) is 5.51. The lowest BCUT2D eigenvalue weighted by Crippen LogP contribution is -2.42. The Morgan fingerprint density at radius 2 is 1.88 bits per heavy atom. The van der Waals surface area contributed by atoms with Crippen LogP contribution in [0.2, 0.25) is 0 Å². The number of methoxy groups -OCH3 is 2. The molecule has 0 radical (unpaired) electrons. The molecule has 1 N–H and O–H groups in total. The van der Waals surface area contributed by atoms with E-state index in [1.807, 2.05) is 12.1 Å². The van der Waals surface area contributed by atoms with Gasteiger partial charge in [-0.15, -0.1) is 0 Å². The highest BCUT2D eigenvalue weighted by molar-refractivity contribution is 9.10. The molecule has 0 saturated carbocycles. The molecule has 1 aliphatic heterocycles. The van der Waals surface area contributed by atoms with Gasteiger partial charge in [-0.1, -0.05) is 0 Å². The largest absolute Gasteiger partial charge is 0.493 e. The number of halogens is 1. The number of hydrogen-bond acceptors (Lipinski definition) is 5. The molecule has 3 rings (SSSR count). The fourth-order valence-corrected chi connectivity index (χ4v) is 3.19. The molecular formula is C18H19BrN2O5. The van der Waals surface area contributed by atoms with E-state index in [-0.39, 0.29) is 18.2 Å². The average molecular weight is 423 g/mol. The molecule has 0 fully saturated rings. The Balaban J connectivity index is 1.62. The van der Waals surface area contributed by atoms with Gasteiger partial charge in [-0.3, -0.25) is 9.59 Å². The van der Waals surface area contributed by atoms with Crippen LogP contribution in [-0.2, 0) is 17.8 Å². The van der Waals surface area contributed by atoms with Crippen LogP contribution in [0.4, 0.5) is 0 Å². The van der Waals surface area contributed by atoms with Gasteiger partial charge < -0.3 is 24.1 Å². The van der Waals surface area contributed by atoms with E-state index < -0.39 is 5.91 Å². The van der Waals surface area contributed by atoms with Gasteiger partial charge in [-0.05, 0) is 57.7 Å². The van der Waals surface area contributed by atoms with Gasteiger partial charge in [-0.2, -0.15) is 0 Å². The SMILES string of the molecule is COc1cc2c(cc1OC)CN(C(=O)CNC(=O)c1ccc(Br)o1)CC2. The van der Waals surface area contributed by atoms with Crippen LogP contribution in [0.1, 0.15) is 21.7 Å². The molecule has 7 nitrogen and oxygen atoms in total. The molecule has 2 heterocycles.